The van der Waals surface area contributed by atoms with E-state index >= 15 is 0 Å². The molecule has 130 valence electrons. The summed E-state index contributed by atoms with van der Waals surface area (Å²) in [6.07, 6.45) is 0. The lowest BCUT2D eigenvalue weighted by Crippen LogP contribution is -1.95. The fourth-order valence-electron chi connectivity index (χ4n) is 2.47. The molecule has 0 radical (unpaired) electrons. The van der Waals surface area contributed by atoms with Crippen LogP contribution in [0.3, 0.4) is 0 Å². The summed E-state index contributed by atoms with van der Waals surface area (Å²) in [5.41, 5.74) is 1.37. The van der Waals surface area contributed by atoms with Gasteiger partial charge >= 0.3 is 0 Å². The highest BCUT2D eigenvalue weighted by atomic mass is 16.5. The van der Waals surface area contributed by atoms with Gasteiger partial charge in [-0.2, -0.15) is 0 Å². The van der Waals surface area contributed by atoms with Crippen molar-refractivity contribution >= 4 is 0 Å². The highest BCUT2D eigenvalue weighted by molar-refractivity contribution is 5.68. The molecule has 1 heterocycles. The number of nitrogens with zero attached hydrogens (tertiary/aromatic N) is 2. The summed E-state index contributed by atoms with van der Waals surface area (Å²) in [5.74, 6) is 2.87. The van der Waals surface area contributed by atoms with Gasteiger partial charge < -0.3 is 23.4 Å². The van der Waals surface area contributed by atoms with Crippen LogP contribution in [-0.4, -0.2) is 38.6 Å². The third-order valence-electron chi connectivity index (χ3n) is 3.67. The molecule has 0 amide bonds. The van der Waals surface area contributed by atoms with Gasteiger partial charge in [-0.1, -0.05) is 12.1 Å². The third-order valence-corrected chi connectivity index (χ3v) is 3.67. The maximum absolute atomic E-state index is 5.82. The van der Waals surface area contributed by atoms with Gasteiger partial charge in [-0.15, -0.1) is 10.2 Å². The fourth-order valence-corrected chi connectivity index (χ4v) is 2.47. The molecule has 0 N–H and O–H groups in total. The van der Waals surface area contributed by atoms with E-state index in [1.54, 1.807) is 40.6 Å². The number of rotatable bonds is 6. The topological polar surface area (TPSA) is 75.8 Å². The first kappa shape index (κ1) is 16.6. The molecule has 0 saturated heterocycles. The maximum atomic E-state index is 5.82. The van der Waals surface area contributed by atoms with Crippen molar-refractivity contribution in [2.45, 2.75) is 0 Å². The molecule has 2 aromatic carbocycles. The van der Waals surface area contributed by atoms with Gasteiger partial charge in [-0.3, -0.25) is 0 Å². The molecule has 0 unspecified atom stereocenters. The van der Waals surface area contributed by atoms with Crippen molar-refractivity contribution in [3.05, 3.63) is 36.4 Å². The van der Waals surface area contributed by atoms with Crippen LogP contribution >= 0.6 is 0 Å². The van der Waals surface area contributed by atoms with Crippen molar-refractivity contribution < 1.29 is 23.4 Å². The Morgan fingerprint density at radius 3 is 1.92 bits per heavy atom. The number of benzene rings is 2. The Labute approximate surface area is 145 Å². The number of ether oxygens (including phenoxy) is 4. The van der Waals surface area contributed by atoms with E-state index in [2.05, 4.69) is 10.2 Å². The van der Waals surface area contributed by atoms with Crippen LogP contribution in [0.4, 0.5) is 0 Å². The maximum Gasteiger partial charge on any atom is 0.251 e. The SMILES string of the molecule is COc1ccccc1-c1nnc(-c2cc(OC)c(OC)c(OC)c2)o1. The average molecular weight is 342 g/mol. The molecule has 0 saturated carbocycles. The van der Waals surface area contributed by atoms with Gasteiger partial charge in [0, 0.05) is 5.56 Å². The molecule has 0 aliphatic heterocycles. The van der Waals surface area contributed by atoms with Crippen LogP contribution in [0.5, 0.6) is 23.0 Å². The predicted molar refractivity (Wildman–Crippen MR) is 91.4 cm³/mol. The number of para-hydroxylation sites is 1. The quantitative estimate of drug-likeness (QED) is 0.679. The molecule has 0 spiro atoms. The Morgan fingerprint density at radius 2 is 1.32 bits per heavy atom. The highest BCUT2D eigenvalue weighted by Gasteiger charge is 2.19. The highest BCUT2D eigenvalue weighted by Crippen LogP contribution is 2.41. The fraction of sp³-hybridized carbons (Fsp3) is 0.222. The molecule has 0 atom stereocenters. The predicted octanol–water partition coefficient (Wildman–Crippen LogP) is 3.44. The monoisotopic (exact) mass is 342 g/mol. The molecule has 0 aliphatic carbocycles. The second kappa shape index (κ2) is 7.12. The Bertz CT molecular complexity index is 850. The van der Waals surface area contributed by atoms with Crippen LogP contribution in [-0.2, 0) is 0 Å². The summed E-state index contributed by atoms with van der Waals surface area (Å²) >= 11 is 0. The van der Waals surface area contributed by atoms with Crippen molar-refractivity contribution in [1.82, 2.24) is 10.2 Å². The Hall–Kier alpha value is -3.22. The Kier molecular flexibility index (Phi) is 4.74. The van der Waals surface area contributed by atoms with E-state index in [0.29, 0.717) is 40.3 Å². The Balaban J connectivity index is 2.05. The van der Waals surface area contributed by atoms with Crippen LogP contribution in [0, 0.1) is 0 Å². The van der Waals surface area contributed by atoms with Crippen LogP contribution in [0.25, 0.3) is 22.9 Å². The minimum absolute atomic E-state index is 0.333. The van der Waals surface area contributed by atoms with E-state index in [0.717, 1.165) is 5.56 Å². The van der Waals surface area contributed by atoms with Gasteiger partial charge in [0.2, 0.25) is 11.6 Å². The first-order chi connectivity index (χ1) is 12.2. The number of hydrogen-bond donors (Lipinski definition) is 0. The molecular weight excluding hydrogens is 324 g/mol. The second-order valence-electron chi connectivity index (χ2n) is 5.03. The first-order valence-corrected chi connectivity index (χ1v) is 7.49. The van der Waals surface area contributed by atoms with Crippen LogP contribution in [0.1, 0.15) is 0 Å². The van der Waals surface area contributed by atoms with Crippen LogP contribution < -0.4 is 18.9 Å². The van der Waals surface area contributed by atoms with Gasteiger partial charge in [-0.25, -0.2) is 0 Å². The van der Waals surface area contributed by atoms with Crippen molar-refractivity contribution in [2.75, 3.05) is 28.4 Å². The lowest BCUT2D eigenvalue weighted by atomic mass is 10.2. The minimum Gasteiger partial charge on any atom is -0.496 e. The number of hydrogen-bond acceptors (Lipinski definition) is 7. The van der Waals surface area contributed by atoms with Gasteiger partial charge in [0.1, 0.15) is 5.75 Å². The zero-order valence-corrected chi connectivity index (χ0v) is 14.4. The third kappa shape index (κ3) is 3.08. The van der Waals surface area contributed by atoms with Crippen molar-refractivity contribution in [1.29, 1.82) is 0 Å². The summed E-state index contributed by atoms with van der Waals surface area (Å²) in [4.78, 5) is 0. The molecule has 3 aromatic rings. The molecule has 0 bridgehead atoms. The first-order valence-electron chi connectivity index (χ1n) is 7.49. The largest absolute Gasteiger partial charge is 0.496 e. The summed E-state index contributed by atoms with van der Waals surface area (Å²) < 4.78 is 27.2. The smallest absolute Gasteiger partial charge is 0.251 e. The van der Waals surface area contributed by atoms with Gasteiger partial charge in [-0.05, 0) is 24.3 Å². The second-order valence-corrected chi connectivity index (χ2v) is 5.03. The van der Waals surface area contributed by atoms with Crippen LogP contribution in [0.2, 0.25) is 0 Å². The standard InChI is InChI=1S/C18H18N2O5/c1-21-13-8-6-5-7-12(13)18-20-19-17(25-18)11-9-14(22-2)16(24-4)15(10-11)23-3/h5-10H,1-4H3. The Morgan fingerprint density at radius 1 is 0.720 bits per heavy atom. The molecule has 0 fully saturated rings. The van der Waals surface area contributed by atoms with E-state index in [9.17, 15) is 0 Å². The normalized spacial score (nSPS) is 10.4. The lowest BCUT2D eigenvalue weighted by molar-refractivity contribution is 0.324. The zero-order valence-electron chi connectivity index (χ0n) is 14.4. The molecular formula is C18H18N2O5. The van der Waals surface area contributed by atoms with E-state index in [1.807, 2.05) is 24.3 Å². The van der Waals surface area contributed by atoms with Crippen molar-refractivity contribution in [3.8, 4) is 45.9 Å². The molecule has 0 aliphatic rings. The minimum atomic E-state index is 0.333. The van der Waals surface area contributed by atoms with Gasteiger partial charge in [0.25, 0.3) is 5.89 Å². The van der Waals surface area contributed by atoms with E-state index in [1.165, 1.54) is 0 Å². The van der Waals surface area contributed by atoms with Gasteiger partial charge in [0.15, 0.2) is 11.5 Å². The van der Waals surface area contributed by atoms with Crippen molar-refractivity contribution in [2.24, 2.45) is 0 Å². The van der Waals surface area contributed by atoms with Crippen molar-refractivity contribution in [3.63, 3.8) is 0 Å². The summed E-state index contributed by atoms with van der Waals surface area (Å²) in [6, 6.07) is 10.9. The summed E-state index contributed by atoms with van der Waals surface area (Å²) in [6.45, 7) is 0. The zero-order chi connectivity index (χ0) is 17.8. The average Bonchev–Trinajstić information content (AvgIpc) is 3.16. The van der Waals surface area contributed by atoms with E-state index in [4.69, 9.17) is 23.4 Å². The van der Waals surface area contributed by atoms with Gasteiger partial charge in [0.05, 0.1) is 34.0 Å². The lowest BCUT2D eigenvalue weighted by Gasteiger charge is -2.12. The number of methoxy groups -OCH3 is 4. The summed E-state index contributed by atoms with van der Waals surface area (Å²) in [5, 5.41) is 8.24. The summed E-state index contributed by atoms with van der Waals surface area (Å²) in [7, 11) is 6.24. The van der Waals surface area contributed by atoms with E-state index in [-0.39, 0.29) is 0 Å². The molecule has 7 heteroatoms. The van der Waals surface area contributed by atoms with E-state index < -0.39 is 0 Å². The molecule has 7 nitrogen and oxygen atoms in total. The molecule has 1 aromatic heterocycles. The molecule has 3 rings (SSSR count). The number of aromatic nitrogens is 2. The molecule has 25 heavy (non-hydrogen) atoms. The van der Waals surface area contributed by atoms with Crippen LogP contribution in [0.15, 0.2) is 40.8 Å².